The van der Waals surface area contributed by atoms with Crippen LogP contribution in [0, 0.1) is 5.82 Å². The van der Waals surface area contributed by atoms with Gasteiger partial charge in [-0.05, 0) is 42.3 Å². The van der Waals surface area contributed by atoms with Crippen LogP contribution in [0.3, 0.4) is 0 Å². The highest BCUT2D eigenvalue weighted by atomic mass is 19.1. The molecule has 3 heterocycles. The van der Waals surface area contributed by atoms with Crippen LogP contribution in [-0.2, 0) is 13.0 Å². The zero-order valence-electron chi connectivity index (χ0n) is 14.2. The van der Waals surface area contributed by atoms with Crippen molar-refractivity contribution in [1.82, 2.24) is 19.7 Å². The van der Waals surface area contributed by atoms with Gasteiger partial charge in [0.25, 0.3) is 0 Å². The van der Waals surface area contributed by atoms with Crippen molar-refractivity contribution < 1.29 is 14.3 Å². The lowest BCUT2D eigenvalue weighted by molar-refractivity contribution is 0.0697. The molecule has 0 saturated heterocycles. The minimum atomic E-state index is -1.01. The van der Waals surface area contributed by atoms with E-state index in [0.29, 0.717) is 24.4 Å². The van der Waals surface area contributed by atoms with Gasteiger partial charge in [0.05, 0.1) is 34.9 Å². The Morgan fingerprint density at radius 2 is 1.93 bits per heavy atom. The number of pyridine rings is 2. The highest BCUT2D eigenvalue weighted by Crippen LogP contribution is 2.21. The summed E-state index contributed by atoms with van der Waals surface area (Å²) < 4.78 is 15.1. The fourth-order valence-electron chi connectivity index (χ4n) is 2.93. The van der Waals surface area contributed by atoms with Gasteiger partial charge in [0.15, 0.2) is 0 Å². The fraction of sp³-hybridized carbons (Fsp3) is 0.100. The standard InChI is InChI=1S/C20H15FN4O2/c21-16-3-1-2-13(8-16)5-7-25-19-12-23-18(10-15(19)11-24-25)17-9-14(20(26)27)4-6-22-17/h1-4,6,8-12H,5,7H2,(H,26,27). The van der Waals surface area contributed by atoms with Crippen molar-refractivity contribution in [2.24, 2.45) is 0 Å². The third-order valence-electron chi connectivity index (χ3n) is 4.30. The second kappa shape index (κ2) is 6.95. The molecule has 0 fully saturated rings. The number of aromatic nitrogens is 4. The maximum atomic E-state index is 13.3. The first-order chi connectivity index (χ1) is 13.1. The van der Waals surface area contributed by atoms with E-state index in [2.05, 4.69) is 15.1 Å². The molecule has 4 aromatic rings. The minimum absolute atomic E-state index is 0.160. The number of nitrogens with zero attached hydrogens (tertiary/aromatic N) is 4. The largest absolute Gasteiger partial charge is 0.478 e. The summed E-state index contributed by atoms with van der Waals surface area (Å²) in [5, 5.41) is 14.4. The maximum Gasteiger partial charge on any atom is 0.335 e. The van der Waals surface area contributed by atoms with Crippen molar-refractivity contribution in [1.29, 1.82) is 0 Å². The quantitative estimate of drug-likeness (QED) is 0.587. The highest BCUT2D eigenvalue weighted by molar-refractivity contribution is 5.89. The molecular weight excluding hydrogens is 347 g/mol. The molecule has 1 aromatic carbocycles. The second-order valence-electron chi connectivity index (χ2n) is 6.11. The monoisotopic (exact) mass is 362 g/mol. The molecular formula is C20H15FN4O2. The number of carboxylic acids is 1. The molecule has 0 amide bonds. The van der Waals surface area contributed by atoms with Crippen molar-refractivity contribution >= 4 is 16.9 Å². The van der Waals surface area contributed by atoms with Crippen LogP contribution in [0.2, 0.25) is 0 Å². The Labute approximate surface area is 153 Å². The molecule has 0 spiro atoms. The summed E-state index contributed by atoms with van der Waals surface area (Å²) in [5.74, 6) is -1.26. The molecule has 0 bridgehead atoms. The van der Waals surface area contributed by atoms with Gasteiger partial charge in [0.2, 0.25) is 0 Å². The molecule has 27 heavy (non-hydrogen) atoms. The zero-order valence-corrected chi connectivity index (χ0v) is 14.2. The van der Waals surface area contributed by atoms with E-state index in [4.69, 9.17) is 5.11 Å². The lowest BCUT2D eigenvalue weighted by atomic mass is 10.1. The Balaban J connectivity index is 1.60. The molecule has 0 saturated carbocycles. The average molecular weight is 362 g/mol. The van der Waals surface area contributed by atoms with Crippen LogP contribution in [0.25, 0.3) is 22.3 Å². The molecule has 6 nitrogen and oxygen atoms in total. The van der Waals surface area contributed by atoms with E-state index in [0.717, 1.165) is 16.5 Å². The lowest BCUT2D eigenvalue weighted by Crippen LogP contribution is -2.03. The van der Waals surface area contributed by atoms with Crippen molar-refractivity contribution in [2.45, 2.75) is 13.0 Å². The molecule has 0 aliphatic carbocycles. The van der Waals surface area contributed by atoms with Gasteiger partial charge in [0.1, 0.15) is 5.82 Å². The van der Waals surface area contributed by atoms with E-state index in [1.54, 1.807) is 18.5 Å². The molecule has 3 aromatic heterocycles. The maximum absolute atomic E-state index is 13.3. The number of fused-ring (bicyclic) bond motifs is 1. The van der Waals surface area contributed by atoms with E-state index in [9.17, 15) is 9.18 Å². The molecule has 0 unspecified atom stereocenters. The minimum Gasteiger partial charge on any atom is -0.478 e. The Bertz CT molecular complexity index is 1140. The highest BCUT2D eigenvalue weighted by Gasteiger charge is 2.10. The van der Waals surface area contributed by atoms with Crippen LogP contribution in [-0.4, -0.2) is 30.8 Å². The Morgan fingerprint density at radius 3 is 2.74 bits per heavy atom. The number of benzene rings is 1. The van der Waals surface area contributed by atoms with Crippen LogP contribution >= 0.6 is 0 Å². The van der Waals surface area contributed by atoms with Gasteiger partial charge in [0, 0.05) is 18.1 Å². The Kier molecular flexibility index (Phi) is 4.33. The van der Waals surface area contributed by atoms with Crippen molar-refractivity contribution in [3.05, 3.63) is 78.0 Å². The van der Waals surface area contributed by atoms with Crippen LogP contribution < -0.4 is 0 Å². The summed E-state index contributed by atoms with van der Waals surface area (Å²) in [4.78, 5) is 19.7. The number of carbonyl (C=O) groups is 1. The smallest absolute Gasteiger partial charge is 0.335 e. The number of aryl methyl sites for hydroxylation is 2. The SMILES string of the molecule is O=C(O)c1ccnc(-c2cc3cnn(CCc4cccc(F)c4)c3cn2)c1. The van der Waals surface area contributed by atoms with E-state index in [1.807, 2.05) is 16.8 Å². The number of aromatic carboxylic acids is 1. The summed E-state index contributed by atoms with van der Waals surface area (Å²) in [7, 11) is 0. The number of hydrogen-bond acceptors (Lipinski definition) is 4. The number of hydrogen-bond donors (Lipinski definition) is 1. The third kappa shape index (κ3) is 3.52. The van der Waals surface area contributed by atoms with Gasteiger partial charge < -0.3 is 5.11 Å². The summed E-state index contributed by atoms with van der Waals surface area (Å²) in [6, 6.07) is 11.3. The first kappa shape index (κ1) is 16.8. The molecule has 0 aliphatic rings. The predicted octanol–water partition coefficient (Wildman–Crippen LogP) is 3.57. The Morgan fingerprint density at radius 1 is 1.07 bits per heavy atom. The topological polar surface area (TPSA) is 80.9 Å². The van der Waals surface area contributed by atoms with Gasteiger partial charge >= 0.3 is 5.97 Å². The van der Waals surface area contributed by atoms with Crippen molar-refractivity contribution in [3.8, 4) is 11.4 Å². The third-order valence-corrected chi connectivity index (χ3v) is 4.30. The van der Waals surface area contributed by atoms with Gasteiger partial charge in [-0.2, -0.15) is 5.10 Å². The van der Waals surface area contributed by atoms with Gasteiger partial charge in [-0.1, -0.05) is 12.1 Å². The van der Waals surface area contributed by atoms with E-state index >= 15 is 0 Å². The number of rotatable bonds is 5. The molecule has 7 heteroatoms. The summed E-state index contributed by atoms with van der Waals surface area (Å²) >= 11 is 0. The lowest BCUT2D eigenvalue weighted by Gasteiger charge is -2.05. The first-order valence-electron chi connectivity index (χ1n) is 8.36. The zero-order chi connectivity index (χ0) is 18.8. The molecule has 1 N–H and O–H groups in total. The van der Waals surface area contributed by atoms with Gasteiger partial charge in [-0.25, -0.2) is 9.18 Å². The molecule has 134 valence electrons. The predicted molar refractivity (Wildman–Crippen MR) is 97.8 cm³/mol. The van der Waals surface area contributed by atoms with E-state index in [1.165, 1.54) is 30.5 Å². The first-order valence-corrected chi connectivity index (χ1v) is 8.36. The van der Waals surface area contributed by atoms with Crippen molar-refractivity contribution in [2.75, 3.05) is 0 Å². The fourth-order valence-corrected chi connectivity index (χ4v) is 2.93. The summed E-state index contributed by atoms with van der Waals surface area (Å²) in [6.45, 7) is 0.598. The molecule has 0 radical (unpaired) electrons. The second-order valence-corrected chi connectivity index (χ2v) is 6.11. The number of halogens is 1. The number of carboxylic acid groups (broad SMARTS) is 1. The van der Waals surface area contributed by atoms with Crippen molar-refractivity contribution in [3.63, 3.8) is 0 Å². The molecule has 0 atom stereocenters. The summed E-state index contributed by atoms with van der Waals surface area (Å²) in [5.41, 5.74) is 2.98. The Hall–Kier alpha value is -3.61. The van der Waals surface area contributed by atoms with Crippen LogP contribution in [0.1, 0.15) is 15.9 Å². The van der Waals surface area contributed by atoms with Gasteiger partial charge in [-0.3, -0.25) is 14.6 Å². The van der Waals surface area contributed by atoms with E-state index in [-0.39, 0.29) is 11.4 Å². The van der Waals surface area contributed by atoms with Crippen LogP contribution in [0.4, 0.5) is 4.39 Å². The normalized spacial score (nSPS) is 11.0. The average Bonchev–Trinajstić information content (AvgIpc) is 3.09. The molecule has 4 rings (SSSR count). The summed E-state index contributed by atoms with van der Waals surface area (Å²) in [6.07, 6.45) is 5.52. The van der Waals surface area contributed by atoms with Crippen LogP contribution in [0.5, 0.6) is 0 Å². The van der Waals surface area contributed by atoms with E-state index < -0.39 is 5.97 Å². The van der Waals surface area contributed by atoms with Crippen LogP contribution in [0.15, 0.2) is 61.1 Å². The van der Waals surface area contributed by atoms with Gasteiger partial charge in [-0.15, -0.1) is 0 Å². The molecule has 0 aliphatic heterocycles.